The number of nitrogens with zero attached hydrogens (tertiary/aromatic N) is 1. The summed E-state index contributed by atoms with van der Waals surface area (Å²) >= 11 is 0.850. The Bertz CT molecular complexity index is 428. The average Bonchev–Trinajstić information content (AvgIpc) is 2.65. The van der Waals surface area contributed by atoms with E-state index < -0.39 is 16.8 Å². The van der Waals surface area contributed by atoms with Crippen molar-refractivity contribution >= 4 is 28.2 Å². The molecule has 8 heteroatoms. The molecule has 0 spiro atoms. The zero-order valence-electron chi connectivity index (χ0n) is 8.00. The normalized spacial score (nSPS) is 9.75. The number of rotatable bonds is 5. The fourth-order valence-electron chi connectivity index (χ4n) is 0.925. The van der Waals surface area contributed by atoms with Crippen LogP contribution in [0.5, 0.6) is 0 Å². The summed E-state index contributed by atoms with van der Waals surface area (Å²) in [5, 5.41) is 22.3. The van der Waals surface area contributed by atoms with Crippen LogP contribution in [0.15, 0.2) is 11.4 Å². The molecule has 0 aromatic carbocycles. The van der Waals surface area contributed by atoms with Crippen molar-refractivity contribution in [3.63, 3.8) is 0 Å². The number of hydrogen-bond acceptors (Lipinski definition) is 5. The maximum Gasteiger partial charge on any atom is 0.324 e. The van der Waals surface area contributed by atoms with Crippen LogP contribution in [0.3, 0.4) is 0 Å². The number of nitro groups is 1. The Labute approximate surface area is 93.9 Å². The molecule has 2 N–H and O–H groups in total. The van der Waals surface area contributed by atoms with E-state index in [4.69, 9.17) is 5.11 Å². The Hall–Kier alpha value is -1.96. The molecule has 7 nitrogen and oxygen atoms in total. The smallest absolute Gasteiger partial charge is 0.324 e. The average molecular weight is 244 g/mol. The molecule has 0 aliphatic heterocycles. The number of nitrogens with one attached hydrogen (secondary N) is 1. The SMILES string of the molecule is O=C(O)CCNC(=O)c1csc([N+](=O)[O-])c1. The predicted molar refractivity (Wildman–Crippen MR) is 55.6 cm³/mol. The minimum absolute atomic E-state index is 0.00217. The molecule has 1 heterocycles. The van der Waals surface area contributed by atoms with E-state index in [0.29, 0.717) is 0 Å². The lowest BCUT2D eigenvalue weighted by atomic mass is 10.3. The second kappa shape index (κ2) is 5.21. The van der Waals surface area contributed by atoms with Gasteiger partial charge < -0.3 is 10.4 Å². The van der Waals surface area contributed by atoms with Gasteiger partial charge in [-0.25, -0.2) is 0 Å². The van der Waals surface area contributed by atoms with Crippen molar-refractivity contribution in [2.24, 2.45) is 0 Å². The Balaban J connectivity index is 2.53. The van der Waals surface area contributed by atoms with Crippen LogP contribution in [0, 0.1) is 10.1 Å². The van der Waals surface area contributed by atoms with E-state index in [1.54, 1.807) is 0 Å². The van der Waals surface area contributed by atoms with Gasteiger partial charge >= 0.3 is 11.0 Å². The molecule has 1 amide bonds. The molecule has 0 saturated carbocycles. The Morgan fingerprint density at radius 3 is 2.75 bits per heavy atom. The van der Waals surface area contributed by atoms with Gasteiger partial charge in [-0.3, -0.25) is 19.7 Å². The van der Waals surface area contributed by atoms with Gasteiger partial charge in [0.2, 0.25) is 0 Å². The van der Waals surface area contributed by atoms with Gasteiger partial charge in [0.05, 0.1) is 16.9 Å². The first-order valence-corrected chi connectivity index (χ1v) is 5.11. The Morgan fingerprint density at radius 2 is 2.25 bits per heavy atom. The lowest BCUT2D eigenvalue weighted by Crippen LogP contribution is -2.25. The van der Waals surface area contributed by atoms with Crippen molar-refractivity contribution in [1.29, 1.82) is 0 Å². The molecule has 1 aromatic rings. The second-order valence-electron chi connectivity index (χ2n) is 2.83. The maximum absolute atomic E-state index is 11.3. The van der Waals surface area contributed by atoms with Crippen LogP contribution < -0.4 is 5.32 Å². The van der Waals surface area contributed by atoms with Crippen LogP contribution in [-0.2, 0) is 4.79 Å². The van der Waals surface area contributed by atoms with Gasteiger partial charge in [-0.1, -0.05) is 11.3 Å². The van der Waals surface area contributed by atoms with E-state index in [0.717, 1.165) is 17.4 Å². The molecule has 0 aliphatic rings. The fraction of sp³-hybridized carbons (Fsp3) is 0.250. The third-order valence-electron chi connectivity index (χ3n) is 1.65. The van der Waals surface area contributed by atoms with E-state index in [9.17, 15) is 19.7 Å². The first-order chi connectivity index (χ1) is 7.50. The number of amides is 1. The Kier molecular flexibility index (Phi) is 3.95. The van der Waals surface area contributed by atoms with Gasteiger partial charge in [0.15, 0.2) is 0 Å². The van der Waals surface area contributed by atoms with Gasteiger partial charge in [-0.05, 0) is 0 Å². The molecule has 0 radical (unpaired) electrons. The van der Waals surface area contributed by atoms with Crippen LogP contribution in [-0.4, -0.2) is 28.5 Å². The van der Waals surface area contributed by atoms with E-state index in [-0.39, 0.29) is 23.5 Å². The summed E-state index contributed by atoms with van der Waals surface area (Å²) in [6, 6.07) is 1.15. The molecule has 0 atom stereocenters. The Morgan fingerprint density at radius 1 is 1.56 bits per heavy atom. The van der Waals surface area contributed by atoms with Crippen LogP contribution in [0.2, 0.25) is 0 Å². The van der Waals surface area contributed by atoms with Gasteiger partial charge in [0, 0.05) is 18.0 Å². The van der Waals surface area contributed by atoms with E-state index in [2.05, 4.69) is 5.32 Å². The molecule has 0 fully saturated rings. The topological polar surface area (TPSA) is 110 Å². The maximum atomic E-state index is 11.3. The summed E-state index contributed by atoms with van der Waals surface area (Å²) in [6.07, 6.45) is -0.183. The predicted octanol–water partition coefficient (Wildman–Crippen LogP) is 0.861. The number of carboxylic acid groups (broad SMARTS) is 1. The third-order valence-corrected chi connectivity index (χ3v) is 2.53. The quantitative estimate of drug-likeness (QED) is 0.589. The molecule has 1 rings (SSSR count). The first kappa shape index (κ1) is 12.1. The summed E-state index contributed by atoms with van der Waals surface area (Å²) in [4.78, 5) is 31.3. The van der Waals surface area contributed by atoms with Crippen LogP contribution in [0.4, 0.5) is 5.00 Å². The molecule has 0 saturated heterocycles. The molecule has 0 bridgehead atoms. The summed E-state index contributed by atoms with van der Waals surface area (Å²) in [7, 11) is 0. The summed E-state index contributed by atoms with van der Waals surface area (Å²) in [5.74, 6) is -1.53. The molecule has 0 aliphatic carbocycles. The van der Waals surface area contributed by atoms with Crippen molar-refractivity contribution in [3.05, 3.63) is 27.1 Å². The number of aliphatic carboxylic acids is 1. The largest absolute Gasteiger partial charge is 0.481 e. The van der Waals surface area contributed by atoms with Crippen molar-refractivity contribution in [2.45, 2.75) is 6.42 Å². The number of carboxylic acids is 1. The van der Waals surface area contributed by atoms with Crippen LogP contribution in [0.1, 0.15) is 16.8 Å². The first-order valence-electron chi connectivity index (χ1n) is 4.23. The highest BCUT2D eigenvalue weighted by Gasteiger charge is 2.14. The van der Waals surface area contributed by atoms with Crippen molar-refractivity contribution in [1.82, 2.24) is 5.32 Å². The lowest BCUT2D eigenvalue weighted by Gasteiger charge is -1.99. The molecular formula is C8H8N2O5S. The molecule has 0 unspecified atom stereocenters. The fourth-order valence-corrected chi connectivity index (χ4v) is 1.63. The van der Waals surface area contributed by atoms with Crippen molar-refractivity contribution in [3.8, 4) is 0 Å². The number of thiophene rings is 1. The summed E-state index contributed by atoms with van der Waals surface area (Å²) in [6.45, 7) is -0.00217. The monoisotopic (exact) mass is 244 g/mol. The van der Waals surface area contributed by atoms with Crippen molar-refractivity contribution < 1.29 is 19.6 Å². The number of carbonyl (C=O) groups excluding carboxylic acids is 1. The van der Waals surface area contributed by atoms with Crippen LogP contribution in [0.25, 0.3) is 0 Å². The van der Waals surface area contributed by atoms with Gasteiger partial charge in [0.1, 0.15) is 0 Å². The third kappa shape index (κ3) is 3.31. The zero-order chi connectivity index (χ0) is 12.1. The second-order valence-corrected chi connectivity index (χ2v) is 3.72. The highest BCUT2D eigenvalue weighted by Crippen LogP contribution is 2.22. The highest BCUT2D eigenvalue weighted by molar-refractivity contribution is 7.13. The van der Waals surface area contributed by atoms with Gasteiger partial charge in [-0.15, -0.1) is 0 Å². The summed E-state index contributed by atoms with van der Waals surface area (Å²) in [5.41, 5.74) is 0.169. The molecule has 86 valence electrons. The summed E-state index contributed by atoms with van der Waals surface area (Å²) < 4.78 is 0. The lowest BCUT2D eigenvalue weighted by molar-refractivity contribution is -0.380. The molecule has 16 heavy (non-hydrogen) atoms. The van der Waals surface area contributed by atoms with Crippen molar-refractivity contribution in [2.75, 3.05) is 6.54 Å². The molecular weight excluding hydrogens is 236 g/mol. The van der Waals surface area contributed by atoms with Gasteiger partial charge in [0.25, 0.3) is 5.91 Å². The minimum atomic E-state index is -1.02. The van der Waals surface area contributed by atoms with Crippen LogP contribution >= 0.6 is 11.3 Å². The zero-order valence-corrected chi connectivity index (χ0v) is 8.82. The van der Waals surface area contributed by atoms with E-state index in [1.807, 2.05) is 0 Å². The highest BCUT2D eigenvalue weighted by atomic mass is 32.1. The van der Waals surface area contributed by atoms with E-state index in [1.165, 1.54) is 5.38 Å². The minimum Gasteiger partial charge on any atom is -0.481 e. The number of hydrogen-bond donors (Lipinski definition) is 2. The molecule has 1 aromatic heterocycles. The number of carbonyl (C=O) groups is 2. The van der Waals surface area contributed by atoms with Gasteiger partial charge in [-0.2, -0.15) is 0 Å². The van der Waals surface area contributed by atoms with E-state index >= 15 is 0 Å². The standard InChI is InChI=1S/C8H8N2O5S/c11-7(12)1-2-9-8(13)5-3-6(10(14)15)16-4-5/h3-4H,1-2H2,(H,9,13)(H,11,12).